The average molecular weight is 279 g/mol. The Labute approximate surface area is 114 Å². The number of ether oxygens (including phenoxy) is 1. The Hall–Kier alpha value is -2.48. The molecule has 106 valence electrons. The molecule has 8 nitrogen and oxygen atoms in total. The minimum Gasteiger partial charge on any atom is -0.368 e. The second kappa shape index (κ2) is 6.11. The zero-order valence-corrected chi connectivity index (χ0v) is 10.5. The summed E-state index contributed by atoms with van der Waals surface area (Å²) in [5.41, 5.74) is 4.34. The van der Waals surface area contributed by atoms with Crippen LogP contribution in [0, 0.1) is 10.1 Å². The maximum atomic E-state index is 11.7. The van der Waals surface area contributed by atoms with Gasteiger partial charge >= 0.3 is 0 Å². The Morgan fingerprint density at radius 2 is 2.15 bits per heavy atom. The summed E-state index contributed by atoms with van der Waals surface area (Å²) in [5.74, 6) is -1.05. The molecule has 1 atom stereocenters. The first-order valence-corrected chi connectivity index (χ1v) is 6.04. The highest BCUT2D eigenvalue weighted by molar-refractivity contribution is 5.96. The molecule has 1 aliphatic rings. The van der Waals surface area contributed by atoms with E-state index in [9.17, 15) is 19.7 Å². The fourth-order valence-electron chi connectivity index (χ4n) is 1.82. The van der Waals surface area contributed by atoms with Crippen LogP contribution in [0.4, 0.5) is 5.69 Å². The highest BCUT2D eigenvalue weighted by Crippen LogP contribution is 2.13. The van der Waals surface area contributed by atoms with E-state index in [1.165, 1.54) is 18.2 Å². The zero-order chi connectivity index (χ0) is 14.5. The van der Waals surface area contributed by atoms with Gasteiger partial charge in [0.2, 0.25) is 0 Å². The summed E-state index contributed by atoms with van der Waals surface area (Å²) in [7, 11) is 0. The Morgan fingerprint density at radius 1 is 1.35 bits per heavy atom. The van der Waals surface area contributed by atoms with E-state index in [0.717, 1.165) is 12.5 Å². The highest BCUT2D eigenvalue weighted by atomic mass is 16.6. The largest absolute Gasteiger partial charge is 0.368 e. The SMILES string of the molecule is O=C(NNC(=O)[C@@H]1CCCO1)c1cccc([N+](=O)[O-])c1. The second-order valence-electron chi connectivity index (χ2n) is 4.25. The zero-order valence-electron chi connectivity index (χ0n) is 10.5. The molecule has 0 unspecified atom stereocenters. The molecule has 20 heavy (non-hydrogen) atoms. The van der Waals surface area contributed by atoms with Crippen molar-refractivity contribution in [2.24, 2.45) is 0 Å². The van der Waals surface area contributed by atoms with Crippen molar-refractivity contribution in [1.29, 1.82) is 0 Å². The molecule has 1 heterocycles. The van der Waals surface area contributed by atoms with Gasteiger partial charge in [0, 0.05) is 24.3 Å². The van der Waals surface area contributed by atoms with Gasteiger partial charge in [-0.1, -0.05) is 6.07 Å². The Kier molecular flexibility index (Phi) is 4.26. The smallest absolute Gasteiger partial charge is 0.270 e. The van der Waals surface area contributed by atoms with Crippen LogP contribution in [0.2, 0.25) is 0 Å². The van der Waals surface area contributed by atoms with Crippen LogP contribution in [0.25, 0.3) is 0 Å². The van der Waals surface area contributed by atoms with Crippen molar-refractivity contribution >= 4 is 17.5 Å². The van der Waals surface area contributed by atoms with Gasteiger partial charge in [0.15, 0.2) is 0 Å². The number of benzene rings is 1. The summed E-state index contributed by atoms with van der Waals surface area (Å²) in [4.78, 5) is 33.4. The molecule has 2 amide bonds. The molecule has 1 saturated heterocycles. The average Bonchev–Trinajstić information content (AvgIpc) is 2.98. The van der Waals surface area contributed by atoms with Crippen LogP contribution < -0.4 is 10.9 Å². The van der Waals surface area contributed by atoms with Crippen LogP contribution in [-0.2, 0) is 9.53 Å². The number of nitrogens with zero attached hydrogens (tertiary/aromatic N) is 1. The molecule has 0 bridgehead atoms. The van der Waals surface area contributed by atoms with Gasteiger partial charge in [0.05, 0.1) is 4.92 Å². The third kappa shape index (κ3) is 3.29. The molecule has 0 aromatic heterocycles. The first-order valence-electron chi connectivity index (χ1n) is 6.04. The third-order valence-electron chi connectivity index (χ3n) is 2.84. The number of amides is 2. The van der Waals surface area contributed by atoms with Crippen molar-refractivity contribution in [1.82, 2.24) is 10.9 Å². The first kappa shape index (κ1) is 13.9. The minimum absolute atomic E-state index is 0.0897. The summed E-state index contributed by atoms with van der Waals surface area (Å²) >= 11 is 0. The minimum atomic E-state index is -0.625. The maximum absolute atomic E-state index is 11.7. The molecule has 0 saturated carbocycles. The normalized spacial score (nSPS) is 17.5. The van der Waals surface area contributed by atoms with Crippen molar-refractivity contribution in [2.45, 2.75) is 18.9 Å². The number of nitro benzene ring substituents is 1. The van der Waals surface area contributed by atoms with Gasteiger partial charge in [-0.25, -0.2) is 0 Å². The number of nitrogens with one attached hydrogen (secondary N) is 2. The van der Waals surface area contributed by atoms with Crippen LogP contribution in [0.3, 0.4) is 0 Å². The van der Waals surface area contributed by atoms with Crippen molar-refractivity contribution in [2.75, 3.05) is 6.61 Å². The summed E-state index contributed by atoms with van der Waals surface area (Å²) in [5, 5.41) is 10.6. The lowest BCUT2D eigenvalue weighted by molar-refractivity contribution is -0.384. The standard InChI is InChI=1S/C12H13N3O5/c16-11(8-3-1-4-9(7-8)15(18)19)13-14-12(17)10-5-2-6-20-10/h1,3-4,7,10H,2,5-6H2,(H,13,16)(H,14,17)/t10-/m0/s1. The van der Waals surface area contributed by atoms with Gasteiger partial charge < -0.3 is 4.74 Å². The van der Waals surface area contributed by atoms with Crippen molar-refractivity contribution in [3.63, 3.8) is 0 Å². The number of carbonyl (C=O) groups excluding carboxylic acids is 2. The molecule has 8 heteroatoms. The highest BCUT2D eigenvalue weighted by Gasteiger charge is 2.24. The maximum Gasteiger partial charge on any atom is 0.270 e. The number of hydrogen-bond acceptors (Lipinski definition) is 5. The lowest BCUT2D eigenvalue weighted by Crippen LogP contribution is -2.46. The van der Waals surface area contributed by atoms with Crippen molar-refractivity contribution in [3.8, 4) is 0 Å². The Bertz CT molecular complexity index is 540. The number of hydrogen-bond donors (Lipinski definition) is 2. The molecule has 1 aliphatic heterocycles. The van der Waals surface area contributed by atoms with Gasteiger partial charge in [-0.05, 0) is 18.9 Å². The van der Waals surface area contributed by atoms with Gasteiger partial charge in [0.25, 0.3) is 17.5 Å². The molecule has 0 aliphatic carbocycles. The molecule has 2 rings (SSSR count). The first-order chi connectivity index (χ1) is 9.58. The molecule has 0 spiro atoms. The molecule has 1 aromatic rings. The summed E-state index contributed by atoms with van der Waals surface area (Å²) in [6.07, 6.45) is 0.857. The van der Waals surface area contributed by atoms with Crippen LogP contribution in [0.15, 0.2) is 24.3 Å². The van der Waals surface area contributed by atoms with E-state index in [0.29, 0.717) is 13.0 Å². The van der Waals surface area contributed by atoms with E-state index in [2.05, 4.69) is 10.9 Å². The van der Waals surface area contributed by atoms with E-state index in [4.69, 9.17) is 4.74 Å². The molecule has 1 aromatic carbocycles. The molecular weight excluding hydrogens is 266 g/mol. The van der Waals surface area contributed by atoms with E-state index < -0.39 is 22.8 Å². The summed E-state index contributed by atoms with van der Waals surface area (Å²) in [6, 6.07) is 5.23. The molecule has 0 radical (unpaired) electrons. The molecule has 2 N–H and O–H groups in total. The van der Waals surface area contributed by atoms with Crippen LogP contribution in [0.1, 0.15) is 23.2 Å². The van der Waals surface area contributed by atoms with E-state index in [1.807, 2.05) is 0 Å². The fraction of sp³-hybridized carbons (Fsp3) is 0.333. The number of nitro groups is 1. The van der Waals surface area contributed by atoms with Gasteiger partial charge in [-0.3, -0.25) is 30.6 Å². The fourth-order valence-corrected chi connectivity index (χ4v) is 1.82. The van der Waals surface area contributed by atoms with Crippen LogP contribution >= 0.6 is 0 Å². The predicted octanol–water partition coefficient (Wildman–Crippen LogP) is 0.535. The third-order valence-corrected chi connectivity index (χ3v) is 2.84. The monoisotopic (exact) mass is 279 g/mol. The quantitative estimate of drug-likeness (QED) is 0.619. The Balaban J connectivity index is 1.92. The lowest BCUT2D eigenvalue weighted by atomic mass is 10.2. The number of rotatable bonds is 3. The van der Waals surface area contributed by atoms with Crippen LogP contribution in [0.5, 0.6) is 0 Å². The van der Waals surface area contributed by atoms with E-state index in [1.54, 1.807) is 0 Å². The number of hydrazine groups is 1. The summed E-state index contributed by atoms with van der Waals surface area (Å²) < 4.78 is 5.15. The van der Waals surface area contributed by atoms with Crippen molar-refractivity contribution in [3.05, 3.63) is 39.9 Å². The number of non-ortho nitro benzene ring substituents is 1. The van der Waals surface area contributed by atoms with Gasteiger partial charge in [-0.15, -0.1) is 0 Å². The summed E-state index contributed by atoms with van der Waals surface area (Å²) in [6.45, 7) is 0.525. The Morgan fingerprint density at radius 3 is 2.80 bits per heavy atom. The lowest BCUT2D eigenvalue weighted by Gasteiger charge is -2.11. The predicted molar refractivity (Wildman–Crippen MR) is 67.7 cm³/mol. The molecule has 1 fully saturated rings. The van der Waals surface area contributed by atoms with E-state index >= 15 is 0 Å². The topological polar surface area (TPSA) is 111 Å². The molecular formula is C12H13N3O5. The van der Waals surface area contributed by atoms with Gasteiger partial charge in [-0.2, -0.15) is 0 Å². The van der Waals surface area contributed by atoms with Crippen LogP contribution in [-0.4, -0.2) is 29.4 Å². The van der Waals surface area contributed by atoms with E-state index in [-0.39, 0.29) is 11.3 Å². The number of carbonyl (C=O) groups is 2. The van der Waals surface area contributed by atoms with Gasteiger partial charge in [0.1, 0.15) is 6.10 Å². The van der Waals surface area contributed by atoms with Crippen molar-refractivity contribution < 1.29 is 19.2 Å². The second-order valence-corrected chi connectivity index (χ2v) is 4.25.